The molecule has 0 aliphatic rings. The van der Waals surface area contributed by atoms with Crippen molar-refractivity contribution in [3.8, 4) is 5.75 Å². The van der Waals surface area contributed by atoms with Crippen molar-refractivity contribution in [1.82, 2.24) is 5.32 Å². The maximum Gasteiger partial charge on any atom is 0.325 e. The lowest BCUT2D eigenvalue weighted by Crippen LogP contribution is -2.48. The molecule has 1 unspecified atom stereocenters. The first-order valence-electron chi connectivity index (χ1n) is 6.65. The topological polar surface area (TPSA) is 67.8 Å². The minimum atomic E-state index is -0.682. The molecule has 0 heterocycles. The van der Waals surface area contributed by atoms with Crippen LogP contribution in [0.2, 0.25) is 0 Å². The lowest BCUT2D eigenvalue weighted by atomic mass is 9.96. The molecule has 0 bridgehead atoms. The summed E-state index contributed by atoms with van der Waals surface area (Å²) in [6.45, 7) is 2.36. The van der Waals surface area contributed by atoms with E-state index in [9.17, 15) is 4.79 Å². The summed E-state index contributed by atoms with van der Waals surface area (Å²) in [5.41, 5.74) is 0.171. The maximum atomic E-state index is 11.7. The van der Waals surface area contributed by atoms with Gasteiger partial charge in [-0.2, -0.15) is 0 Å². The van der Waals surface area contributed by atoms with E-state index in [4.69, 9.17) is 14.6 Å². The number of carbonyl (C=O) groups is 1. The number of benzene rings is 1. The van der Waals surface area contributed by atoms with Crippen molar-refractivity contribution in [1.29, 1.82) is 0 Å². The lowest BCUT2D eigenvalue weighted by molar-refractivity contribution is -0.148. The molecule has 0 fully saturated rings. The van der Waals surface area contributed by atoms with Crippen LogP contribution in [0.4, 0.5) is 0 Å². The van der Waals surface area contributed by atoms with Crippen LogP contribution in [-0.4, -0.2) is 37.4 Å². The number of carbonyl (C=O) groups excluding carboxylic acids is 1. The van der Waals surface area contributed by atoms with Crippen molar-refractivity contribution in [3.05, 3.63) is 29.8 Å². The molecule has 0 saturated heterocycles. The lowest BCUT2D eigenvalue weighted by Gasteiger charge is -2.25. The van der Waals surface area contributed by atoms with Gasteiger partial charge in [-0.1, -0.05) is 12.1 Å². The Morgan fingerprint density at radius 2 is 2.00 bits per heavy atom. The van der Waals surface area contributed by atoms with Crippen molar-refractivity contribution in [2.24, 2.45) is 0 Å². The Morgan fingerprint density at radius 3 is 2.50 bits per heavy atom. The fourth-order valence-electron chi connectivity index (χ4n) is 1.86. The standard InChI is InChI=1S/C15H23NO4/c1-15(16-2,14(18)19-3)9-4-10-20-13-7-5-12(11-17)6-8-13/h5-8,16-17H,4,9-11H2,1-3H3. The Bertz CT molecular complexity index is 418. The van der Waals surface area contributed by atoms with Crippen LogP contribution in [0.15, 0.2) is 24.3 Å². The van der Waals surface area contributed by atoms with E-state index in [2.05, 4.69) is 5.32 Å². The number of ether oxygens (including phenoxy) is 2. The molecule has 1 rings (SSSR count). The molecule has 0 amide bonds. The molecule has 1 aromatic carbocycles. The molecule has 5 nitrogen and oxygen atoms in total. The predicted octanol–water partition coefficient (Wildman–Crippen LogP) is 1.49. The molecule has 0 radical (unpaired) electrons. The van der Waals surface area contributed by atoms with Crippen molar-refractivity contribution in [3.63, 3.8) is 0 Å². The van der Waals surface area contributed by atoms with Gasteiger partial charge in [0.2, 0.25) is 0 Å². The van der Waals surface area contributed by atoms with E-state index in [1.807, 2.05) is 31.2 Å². The summed E-state index contributed by atoms with van der Waals surface area (Å²) in [7, 11) is 3.13. The van der Waals surface area contributed by atoms with Crippen LogP contribution in [0, 0.1) is 0 Å². The second-order valence-electron chi connectivity index (χ2n) is 4.83. The van der Waals surface area contributed by atoms with E-state index in [0.29, 0.717) is 13.0 Å². The predicted molar refractivity (Wildman–Crippen MR) is 76.6 cm³/mol. The summed E-state index contributed by atoms with van der Waals surface area (Å²) in [6.07, 6.45) is 1.36. The van der Waals surface area contributed by atoms with Gasteiger partial charge < -0.3 is 19.9 Å². The molecule has 112 valence electrons. The fraction of sp³-hybridized carbons (Fsp3) is 0.533. The first kappa shape index (κ1) is 16.5. The molecule has 2 N–H and O–H groups in total. The number of aliphatic hydroxyl groups is 1. The first-order valence-corrected chi connectivity index (χ1v) is 6.65. The minimum Gasteiger partial charge on any atom is -0.494 e. The number of methoxy groups -OCH3 is 1. The molecule has 1 aromatic rings. The number of hydrogen-bond donors (Lipinski definition) is 2. The summed E-state index contributed by atoms with van der Waals surface area (Å²) in [5.74, 6) is 0.485. The molecule has 0 aromatic heterocycles. The Labute approximate surface area is 119 Å². The number of nitrogens with one attached hydrogen (secondary N) is 1. The van der Waals surface area contributed by atoms with Crippen LogP contribution in [0.5, 0.6) is 5.75 Å². The third kappa shape index (κ3) is 4.51. The molecule has 0 aliphatic heterocycles. The summed E-state index contributed by atoms with van der Waals surface area (Å²) in [5, 5.41) is 11.9. The van der Waals surface area contributed by atoms with Gasteiger partial charge in [0.05, 0.1) is 20.3 Å². The van der Waals surface area contributed by atoms with E-state index in [1.54, 1.807) is 7.05 Å². The molecular formula is C15H23NO4. The first-order chi connectivity index (χ1) is 9.55. The Kier molecular flexibility index (Phi) is 6.48. The second kappa shape index (κ2) is 7.87. The van der Waals surface area contributed by atoms with E-state index in [0.717, 1.165) is 17.7 Å². The number of esters is 1. The quantitative estimate of drug-likeness (QED) is 0.558. The zero-order valence-corrected chi connectivity index (χ0v) is 12.3. The highest BCUT2D eigenvalue weighted by atomic mass is 16.5. The summed E-state index contributed by atoms with van der Waals surface area (Å²) in [6, 6.07) is 7.29. The molecule has 20 heavy (non-hydrogen) atoms. The average Bonchev–Trinajstić information content (AvgIpc) is 2.51. The highest BCUT2D eigenvalue weighted by molar-refractivity contribution is 5.80. The summed E-state index contributed by atoms with van der Waals surface area (Å²) >= 11 is 0. The van der Waals surface area contributed by atoms with Crippen LogP contribution in [-0.2, 0) is 16.1 Å². The normalized spacial score (nSPS) is 13.6. The van der Waals surface area contributed by atoms with E-state index < -0.39 is 5.54 Å². The van der Waals surface area contributed by atoms with Crippen LogP contribution in [0.3, 0.4) is 0 Å². The van der Waals surface area contributed by atoms with Crippen molar-refractivity contribution >= 4 is 5.97 Å². The smallest absolute Gasteiger partial charge is 0.325 e. The van der Waals surface area contributed by atoms with Crippen molar-refractivity contribution in [2.45, 2.75) is 31.9 Å². The number of hydrogen-bond acceptors (Lipinski definition) is 5. The molecule has 5 heteroatoms. The highest BCUT2D eigenvalue weighted by Gasteiger charge is 2.31. The second-order valence-corrected chi connectivity index (χ2v) is 4.83. The van der Waals surface area contributed by atoms with Crippen LogP contribution >= 0.6 is 0 Å². The number of rotatable bonds is 8. The van der Waals surface area contributed by atoms with Crippen LogP contribution < -0.4 is 10.1 Å². The Balaban J connectivity index is 2.38. The van der Waals surface area contributed by atoms with Crippen LogP contribution in [0.1, 0.15) is 25.3 Å². The molecular weight excluding hydrogens is 258 g/mol. The highest BCUT2D eigenvalue weighted by Crippen LogP contribution is 2.16. The van der Waals surface area contributed by atoms with Gasteiger partial charge in [0, 0.05) is 0 Å². The summed E-state index contributed by atoms with van der Waals surface area (Å²) in [4.78, 5) is 11.7. The van der Waals surface area contributed by atoms with E-state index in [-0.39, 0.29) is 12.6 Å². The average molecular weight is 281 g/mol. The minimum absolute atomic E-state index is 0.0277. The Morgan fingerprint density at radius 1 is 1.35 bits per heavy atom. The van der Waals surface area contributed by atoms with Gasteiger partial charge in [-0.05, 0) is 44.5 Å². The third-order valence-electron chi connectivity index (χ3n) is 3.38. The molecule has 0 saturated carbocycles. The van der Waals surface area contributed by atoms with Gasteiger partial charge >= 0.3 is 5.97 Å². The monoisotopic (exact) mass is 281 g/mol. The largest absolute Gasteiger partial charge is 0.494 e. The Hall–Kier alpha value is -1.59. The van der Waals surface area contributed by atoms with E-state index in [1.165, 1.54) is 7.11 Å². The fourth-order valence-corrected chi connectivity index (χ4v) is 1.86. The van der Waals surface area contributed by atoms with Gasteiger partial charge in [0.15, 0.2) is 0 Å². The van der Waals surface area contributed by atoms with Gasteiger partial charge in [0.25, 0.3) is 0 Å². The zero-order chi connectivity index (χ0) is 15.0. The molecule has 1 atom stereocenters. The SMILES string of the molecule is CNC(C)(CCCOc1ccc(CO)cc1)C(=O)OC. The van der Waals surface area contributed by atoms with Crippen molar-refractivity contribution in [2.75, 3.05) is 20.8 Å². The van der Waals surface area contributed by atoms with Gasteiger partial charge in [-0.25, -0.2) is 0 Å². The number of likely N-dealkylation sites (N-methyl/N-ethyl adjacent to an activating group) is 1. The third-order valence-corrected chi connectivity index (χ3v) is 3.38. The van der Waals surface area contributed by atoms with Gasteiger partial charge in [-0.3, -0.25) is 4.79 Å². The van der Waals surface area contributed by atoms with E-state index >= 15 is 0 Å². The molecule has 0 aliphatic carbocycles. The van der Waals surface area contributed by atoms with Gasteiger partial charge in [-0.15, -0.1) is 0 Å². The number of aliphatic hydroxyl groups excluding tert-OH is 1. The van der Waals surface area contributed by atoms with Crippen LogP contribution in [0.25, 0.3) is 0 Å². The summed E-state index contributed by atoms with van der Waals surface area (Å²) < 4.78 is 10.4. The zero-order valence-electron chi connectivity index (χ0n) is 12.3. The van der Waals surface area contributed by atoms with Crippen molar-refractivity contribution < 1.29 is 19.4 Å². The van der Waals surface area contributed by atoms with Gasteiger partial charge in [0.1, 0.15) is 11.3 Å². The molecule has 0 spiro atoms. The maximum absolute atomic E-state index is 11.7.